The number of benzene rings is 3. The molecule has 0 fully saturated rings. The van der Waals surface area contributed by atoms with Gasteiger partial charge in [0.25, 0.3) is 0 Å². The van der Waals surface area contributed by atoms with Crippen molar-refractivity contribution in [3.05, 3.63) is 107 Å². The quantitative estimate of drug-likeness (QED) is 0.425. The third kappa shape index (κ3) is 7.25. The highest BCUT2D eigenvalue weighted by Crippen LogP contribution is 2.26. The van der Waals surface area contributed by atoms with Crippen LogP contribution in [0.25, 0.3) is 12.2 Å². The number of aliphatic hydroxyl groups is 1. The molecule has 0 aliphatic heterocycles. The normalized spacial score (nSPS) is 12.2. The summed E-state index contributed by atoms with van der Waals surface area (Å²) in [5, 5.41) is 10.2. The maximum absolute atomic E-state index is 12.2. The van der Waals surface area contributed by atoms with Crippen LogP contribution >= 0.6 is 0 Å². The molecule has 3 aromatic carbocycles. The number of aliphatic hydroxyl groups excluding tert-OH is 1. The first-order valence-electron chi connectivity index (χ1n) is 10.5. The fourth-order valence-electron chi connectivity index (χ4n) is 3.18. The van der Waals surface area contributed by atoms with Gasteiger partial charge in [-0.25, -0.2) is 0 Å². The van der Waals surface area contributed by atoms with Crippen molar-refractivity contribution in [1.82, 2.24) is 0 Å². The van der Waals surface area contributed by atoms with E-state index in [0.717, 1.165) is 22.3 Å². The molecule has 1 unspecified atom stereocenters. The minimum absolute atomic E-state index is 0.0133. The van der Waals surface area contributed by atoms with E-state index >= 15 is 0 Å². The third-order valence-electron chi connectivity index (χ3n) is 4.87. The number of methoxy groups -OCH3 is 1. The van der Waals surface area contributed by atoms with Gasteiger partial charge in [-0.05, 0) is 36.3 Å². The van der Waals surface area contributed by atoms with Crippen molar-refractivity contribution >= 4 is 17.9 Å². The lowest BCUT2D eigenvalue weighted by molar-refractivity contribution is -0.115. The summed E-state index contributed by atoms with van der Waals surface area (Å²) in [6.07, 6.45) is 5.75. The lowest BCUT2D eigenvalue weighted by atomic mass is 10.1. The van der Waals surface area contributed by atoms with Gasteiger partial charge in [-0.2, -0.15) is 0 Å². The summed E-state index contributed by atoms with van der Waals surface area (Å²) < 4.78 is 11.3. The average molecular weight is 429 g/mol. The van der Waals surface area contributed by atoms with Crippen LogP contribution in [0.2, 0.25) is 0 Å². The van der Waals surface area contributed by atoms with Gasteiger partial charge in [-0.1, -0.05) is 78.4 Å². The highest BCUT2D eigenvalue weighted by Gasteiger charge is 2.07. The number of ketones is 1. The van der Waals surface area contributed by atoms with Crippen LogP contribution in [0, 0.1) is 6.92 Å². The van der Waals surface area contributed by atoms with Crippen molar-refractivity contribution in [2.24, 2.45) is 0 Å². The molecule has 3 rings (SSSR count). The van der Waals surface area contributed by atoms with Crippen LogP contribution in [0.3, 0.4) is 0 Å². The van der Waals surface area contributed by atoms with Gasteiger partial charge < -0.3 is 14.6 Å². The van der Waals surface area contributed by atoms with Crippen molar-refractivity contribution in [2.45, 2.75) is 26.1 Å². The van der Waals surface area contributed by atoms with Crippen molar-refractivity contribution in [3.8, 4) is 11.5 Å². The molecule has 0 heterocycles. The second-order valence-electron chi connectivity index (χ2n) is 7.52. The zero-order chi connectivity index (χ0) is 22.8. The lowest BCUT2D eigenvalue weighted by Gasteiger charge is -2.10. The Morgan fingerprint density at radius 2 is 1.81 bits per heavy atom. The molecule has 3 aromatic rings. The molecule has 0 spiro atoms. The maximum Gasteiger partial charge on any atom is 0.158 e. The molecular weight excluding hydrogens is 400 g/mol. The Labute approximate surface area is 189 Å². The molecule has 0 aliphatic rings. The summed E-state index contributed by atoms with van der Waals surface area (Å²) in [4.78, 5) is 12.2. The predicted molar refractivity (Wildman–Crippen MR) is 129 cm³/mol. The number of ether oxygens (including phenoxy) is 2. The topological polar surface area (TPSA) is 55.8 Å². The predicted octanol–water partition coefficient (Wildman–Crippen LogP) is 5.63. The third-order valence-corrected chi connectivity index (χ3v) is 4.87. The van der Waals surface area contributed by atoms with Crippen LogP contribution in [-0.4, -0.2) is 24.1 Å². The minimum atomic E-state index is -0.886. The van der Waals surface area contributed by atoms with E-state index < -0.39 is 6.10 Å². The second-order valence-corrected chi connectivity index (χ2v) is 7.52. The number of aryl methyl sites for hydroxylation is 1. The Morgan fingerprint density at radius 1 is 1.00 bits per heavy atom. The molecule has 0 radical (unpaired) electrons. The van der Waals surface area contributed by atoms with Crippen LogP contribution < -0.4 is 9.47 Å². The van der Waals surface area contributed by atoms with E-state index in [2.05, 4.69) is 0 Å². The van der Waals surface area contributed by atoms with Crippen LogP contribution in [0.15, 0.2) is 84.9 Å². The summed E-state index contributed by atoms with van der Waals surface area (Å²) in [6.45, 7) is 2.47. The molecule has 0 aromatic heterocycles. The first-order valence-corrected chi connectivity index (χ1v) is 10.5. The number of hydrogen-bond acceptors (Lipinski definition) is 4. The fourth-order valence-corrected chi connectivity index (χ4v) is 3.18. The van der Waals surface area contributed by atoms with Gasteiger partial charge in [0.1, 0.15) is 18.1 Å². The summed E-state index contributed by atoms with van der Waals surface area (Å²) in [5.74, 6) is 1.19. The van der Waals surface area contributed by atoms with E-state index in [4.69, 9.17) is 9.47 Å². The highest BCUT2D eigenvalue weighted by molar-refractivity contribution is 5.94. The summed E-state index contributed by atoms with van der Waals surface area (Å²) in [7, 11) is 1.59. The molecule has 4 heteroatoms. The van der Waals surface area contributed by atoms with Gasteiger partial charge in [0.2, 0.25) is 0 Å². The van der Waals surface area contributed by atoms with Crippen molar-refractivity contribution in [2.75, 3.05) is 7.11 Å². The lowest BCUT2D eigenvalue weighted by Crippen LogP contribution is -2.08. The molecule has 0 saturated carbocycles. The van der Waals surface area contributed by atoms with Gasteiger partial charge in [-0.15, -0.1) is 0 Å². The van der Waals surface area contributed by atoms with Crippen molar-refractivity contribution in [1.29, 1.82) is 0 Å². The van der Waals surface area contributed by atoms with Crippen LogP contribution in [0.4, 0.5) is 0 Å². The Kier molecular flexibility index (Phi) is 8.41. The molecular formula is C28H28O4. The highest BCUT2D eigenvalue weighted by atomic mass is 16.5. The molecule has 0 bridgehead atoms. The fraction of sp³-hybridized carbons (Fsp3) is 0.179. The van der Waals surface area contributed by atoms with Gasteiger partial charge in [0.15, 0.2) is 5.78 Å². The zero-order valence-corrected chi connectivity index (χ0v) is 18.4. The number of carbonyl (C=O) groups excluding carboxylic acids is 1. The van der Waals surface area contributed by atoms with E-state index in [0.29, 0.717) is 18.1 Å². The maximum atomic E-state index is 12.2. The molecule has 0 aliphatic carbocycles. The van der Waals surface area contributed by atoms with Crippen molar-refractivity contribution < 1.29 is 19.4 Å². The Hall–Kier alpha value is -3.63. The Morgan fingerprint density at radius 3 is 2.56 bits per heavy atom. The van der Waals surface area contributed by atoms with Gasteiger partial charge in [-0.3, -0.25) is 4.79 Å². The smallest absolute Gasteiger partial charge is 0.158 e. The monoisotopic (exact) mass is 428 g/mol. The van der Waals surface area contributed by atoms with Crippen LogP contribution in [-0.2, 0) is 11.4 Å². The van der Waals surface area contributed by atoms with Crippen LogP contribution in [0.5, 0.6) is 11.5 Å². The number of allylic oxidation sites excluding steroid dienone is 1. The molecule has 32 heavy (non-hydrogen) atoms. The minimum Gasteiger partial charge on any atom is -0.496 e. The number of hydrogen-bond donors (Lipinski definition) is 1. The number of rotatable bonds is 10. The average Bonchev–Trinajstić information content (AvgIpc) is 2.81. The van der Waals surface area contributed by atoms with Gasteiger partial charge in [0, 0.05) is 18.1 Å². The van der Waals surface area contributed by atoms with E-state index in [-0.39, 0.29) is 12.2 Å². The molecule has 1 atom stereocenters. The zero-order valence-electron chi connectivity index (χ0n) is 18.4. The summed E-state index contributed by atoms with van der Waals surface area (Å²) in [5.41, 5.74) is 3.97. The largest absolute Gasteiger partial charge is 0.496 e. The van der Waals surface area contributed by atoms with E-state index in [1.807, 2.05) is 79.7 Å². The van der Waals surface area contributed by atoms with Gasteiger partial charge >= 0.3 is 0 Å². The van der Waals surface area contributed by atoms with E-state index in [1.165, 1.54) is 6.08 Å². The molecule has 164 valence electrons. The summed E-state index contributed by atoms with van der Waals surface area (Å²) in [6, 6.07) is 23.3. The summed E-state index contributed by atoms with van der Waals surface area (Å²) >= 11 is 0. The molecule has 0 amide bonds. The van der Waals surface area contributed by atoms with E-state index in [1.54, 1.807) is 25.3 Å². The second kappa shape index (κ2) is 11.7. The molecule has 4 nitrogen and oxygen atoms in total. The molecule has 1 N–H and O–H groups in total. The Bertz CT molecular complexity index is 1080. The molecule has 0 saturated heterocycles. The van der Waals surface area contributed by atoms with E-state index in [9.17, 15) is 9.90 Å². The standard InChI is InChI=1S/C28H28O4/c1-21-7-6-10-22(17-21)11-14-25(29)18-26(30)15-12-24-13-16-27(19-28(24)31-2)32-20-23-8-4-3-5-9-23/h3-17,19,26,30H,18,20H2,1-2H3/b14-11+,15-12+. The number of carbonyl (C=O) groups is 1. The van der Waals surface area contributed by atoms with Gasteiger partial charge in [0.05, 0.1) is 13.2 Å². The first kappa shape index (κ1) is 23.0. The van der Waals surface area contributed by atoms with Crippen molar-refractivity contribution in [3.63, 3.8) is 0 Å². The van der Waals surface area contributed by atoms with Crippen LogP contribution in [0.1, 0.15) is 28.7 Å². The first-order chi connectivity index (χ1) is 15.5. The Balaban J connectivity index is 1.56. The SMILES string of the molecule is COc1cc(OCc2ccccc2)ccc1/C=C/C(O)CC(=O)/C=C/c1cccc(C)c1.